The number of hydrogen-bond donors (Lipinski definition) is 2. The normalized spacial score (nSPS) is 12.9. The van der Waals surface area contributed by atoms with Crippen LogP contribution in [0.3, 0.4) is 0 Å². The van der Waals surface area contributed by atoms with Gasteiger partial charge in [0, 0.05) is 22.4 Å². The van der Waals surface area contributed by atoms with E-state index < -0.39 is 0 Å². The first-order valence-electron chi connectivity index (χ1n) is 5.22. The second kappa shape index (κ2) is 5.46. The molecule has 0 aliphatic rings. The number of nitrogens with two attached hydrogens (primary N) is 1. The first-order chi connectivity index (χ1) is 8.11. The van der Waals surface area contributed by atoms with E-state index in [0.29, 0.717) is 0 Å². The molecule has 0 aliphatic carbocycles. The summed E-state index contributed by atoms with van der Waals surface area (Å²) >= 11 is 9.54. The van der Waals surface area contributed by atoms with E-state index in [1.807, 2.05) is 19.2 Å². The Bertz CT molecular complexity index is 507. The van der Waals surface area contributed by atoms with Crippen molar-refractivity contribution in [1.29, 1.82) is 0 Å². The smallest absolute Gasteiger partial charge is 0.0947 e. The van der Waals surface area contributed by atoms with Gasteiger partial charge in [-0.25, -0.2) is 4.98 Å². The molecule has 2 aromatic heterocycles. The number of nitrogens with one attached hydrogen (secondary N) is 1. The number of rotatable bonds is 4. The van der Waals surface area contributed by atoms with Crippen LogP contribution >= 0.6 is 34.3 Å². The fraction of sp³-hybridized carbons (Fsp3) is 0.364. The maximum atomic E-state index is 6.25. The van der Waals surface area contributed by atoms with Gasteiger partial charge >= 0.3 is 0 Å². The Labute approximate surface area is 114 Å². The first kappa shape index (κ1) is 13.0. The Morgan fingerprint density at radius 2 is 2.18 bits per heavy atom. The van der Waals surface area contributed by atoms with Crippen molar-refractivity contribution in [2.45, 2.75) is 26.3 Å². The fourth-order valence-electron chi connectivity index (χ4n) is 1.58. The van der Waals surface area contributed by atoms with Crippen LogP contribution in [0, 0.1) is 13.8 Å². The Morgan fingerprint density at radius 1 is 1.41 bits per heavy atom. The van der Waals surface area contributed by atoms with Gasteiger partial charge in [-0.05, 0) is 24.8 Å². The molecule has 0 saturated carbocycles. The average Bonchev–Trinajstić information content (AvgIpc) is 2.85. The minimum atomic E-state index is 0.0340. The van der Waals surface area contributed by atoms with E-state index in [1.54, 1.807) is 22.7 Å². The van der Waals surface area contributed by atoms with Gasteiger partial charge < -0.3 is 0 Å². The molecule has 0 bridgehead atoms. The summed E-state index contributed by atoms with van der Waals surface area (Å²) in [4.78, 5) is 5.53. The highest BCUT2D eigenvalue weighted by molar-refractivity contribution is 7.11. The van der Waals surface area contributed by atoms with Crippen LogP contribution in [-0.4, -0.2) is 4.98 Å². The topological polar surface area (TPSA) is 50.9 Å². The molecule has 92 valence electrons. The molecule has 3 N–H and O–H groups in total. The minimum absolute atomic E-state index is 0.0340. The van der Waals surface area contributed by atoms with E-state index in [2.05, 4.69) is 15.8 Å². The maximum absolute atomic E-state index is 6.25. The van der Waals surface area contributed by atoms with Crippen molar-refractivity contribution in [3.05, 3.63) is 36.9 Å². The standard InChI is InChI=1S/C11H14ClN3S2/c1-6-4-17-11(10(6)12)8(15-13)3-9-14-7(2)5-16-9/h4-5,8,15H,3,13H2,1-2H3. The van der Waals surface area contributed by atoms with E-state index in [4.69, 9.17) is 17.4 Å². The van der Waals surface area contributed by atoms with Gasteiger partial charge in [0.2, 0.25) is 0 Å². The van der Waals surface area contributed by atoms with E-state index in [-0.39, 0.29) is 6.04 Å². The third kappa shape index (κ3) is 2.86. The SMILES string of the molecule is Cc1csc(CC(NN)c2scc(C)c2Cl)n1. The van der Waals surface area contributed by atoms with Crippen LogP contribution in [0.25, 0.3) is 0 Å². The van der Waals surface area contributed by atoms with Crippen molar-refractivity contribution >= 4 is 34.3 Å². The predicted molar refractivity (Wildman–Crippen MR) is 74.7 cm³/mol. The van der Waals surface area contributed by atoms with Crippen LogP contribution in [0.4, 0.5) is 0 Å². The lowest BCUT2D eigenvalue weighted by molar-refractivity contribution is 0.559. The quantitative estimate of drug-likeness (QED) is 0.670. The van der Waals surface area contributed by atoms with E-state index in [1.165, 1.54) is 0 Å². The molecule has 1 unspecified atom stereocenters. The van der Waals surface area contributed by atoms with Crippen molar-refractivity contribution in [2.75, 3.05) is 0 Å². The molecule has 0 spiro atoms. The lowest BCUT2D eigenvalue weighted by Crippen LogP contribution is -2.29. The number of thiazole rings is 1. The molecule has 1 atom stereocenters. The Morgan fingerprint density at radius 3 is 2.65 bits per heavy atom. The van der Waals surface area contributed by atoms with Crippen LogP contribution < -0.4 is 11.3 Å². The molecule has 2 rings (SSSR count). The number of halogens is 1. The van der Waals surface area contributed by atoms with Crippen molar-refractivity contribution < 1.29 is 0 Å². The summed E-state index contributed by atoms with van der Waals surface area (Å²) in [6, 6.07) is 0.0340. The van der Waals surface area contributed by atoms with Crippen molar-refractivity contribution in [1.82, 2.24) is 10.4 Å². The van der Waals surface area contributed by atoms with Crippen molar-refractivity contribution in [3.63, 3.8) is 0 Å². The number of hydrogen-bond acceptors (Lipinski definition) is 5. The molecule has 17 heavy (non-hydrogen) atoms. The highest BCUT2D eigenvalue weighted by atomic mass is 35.5. The van der Waals surface area contributed by atoms with Crippen molar-refractivity contribution in [3.8, 4) is 0 Å². The molecule has 0 radical (unpaired) electrons. The molecular formula is C11H14ClN3S2. The third-order valence-corrected chi connectivity index (χ3v) is 5.30. The maximum Gasteiger partial charge on any atom is 0.0947 e. The molecule has 0 saturated heterocycles. The van der Waals surface area contributed by atoms with E-state index in [9.17, 15) is 0 Å². The molecule has 0 aliphatic heterocycles. The molecule has 3 nitrogen and oxygen atoms in total. The predicted octanol–water partition coefficient (Wildman–Crippen LogP) is 3.22. The summed E-state index contributed by atoms with van der Waals surface area (Å²) in [7, 11) is 0. The third-order valence-electron chi connectivity index (χ3n) is 2.49. The monoisotopic (exact) mass is 287 g/mol. The van der Waals surface area contributed by atoms with E-state index in [0.717, 1.165) is 32.6 Å². The van der Waals surface area contributed by atoms with Gasteiger partial charge in [-0.1, -0.05) is 11.6 Å². The molecule has 0 aromatic carbocycles. The number of hydrazine groups is 1. The fourth-order valence-corrected chi connectivity index (χ4v) is 3.79. The summed E-state index contributed by atoms with van der Waals surface area (Å²) in [5, 5.41) is 5.98. The van der Waals surface area contributed by atoms with Gasteiger partial charge in [0.25, 0.3) is 0 Å². The van der Waals surface area contributed by atoms with Crippen LogP contribution in [0.15, 0.2) is 10.8 Å². The molecule has 2 heterocycles. The second-order valence-electron chi connectivity index (χ2n) is 3.90. The van der Waals surface area contributed by atoms with Gasteiger partial charge in [0.1, 0.15) is 0 Å². The van der Waals surface area contributed by atoms with Gasteiger partial charge in [-0.15, -0.1) is 22.7 Å². The zero-order valence-corrected chi connectivity index (χ0v) is 12.0. The van der Waals surface area contributed by atoms with Crippen LogP contribution in [0.1, 0.15) is 27.2 Å². The molecule has 2 aromatic rings. The van der Waals surface area contributed by atoms with Gasteiger partial charge in [0.15, 0.2) is 0 Å². The number of thiophene rings is 1. The van der Waals surface area contributed by atoms with E-state index >= 15 is 0 Å². The van der Waals surface area contributed by atoms with Gasteiger partial charge in [-0.2, -0.15) is 0 Å². The van der Waals surface area contributed by atoms with Crippen LogP contribution in [0.2, 0.25) is 5.02 Å². The zero-order valence-electron chi connectivity index (χ0n) is 9.66. The largest absolute Gasteiger partial charge is 0.271 e. The average molecular weight is 288 g/mol. The number of nitrogens with zero attached hydrogens (tertiary/aromatic N) is 1. The highest BCUT2D eigenvalue weighted by Gasteiger charge is 2.18. The van der Waals surface area contributed by atoms with Crippen LogP contribution in [0.5, 0.6) is 0 Å². The number of aryl methyl sites for hydroxylation is 2. The summed E-state index contributed by atoms with van der Waals surface area (Å²) in [6.07, 6.45) is 0.773. The second-order valence-corrected chi connectivity index (χ2v) is 6.13. The Balaban J connectivity index is 2.19. The lowest BCUT2D eigenvalue weighted by Gasteiger charge is -2.13. The molecular weight excluding hydrogens is 274 g/mol. The summed E-state index contributed by atoms with van der Waals surface area (Å²) in [5.74, 6) is 5.61. The van der Waals surface area contributed by atoms with Crippen molar-refractivity contribution in [2.24, 2.45) is 5.84 Å². The minimum Gasteiger partial charge on any atom is -0.271 e. The molecule has 0 fully saturated rings. The van der Waals surface area contributed by atoms with Crippen LogP contribution in [-0.2, 0) is 6.42 Å². The number of aromatic nitrogens is 1. The Kier molecular flexibility index (Phi) is 4.17. The Hall–Kier alpha value is -0.460. The zero-order chi connectivity index (χ0) is 12.4. The van der Waals surface area contributed by atoms with Gasteiger partial charge in [0.05, 0.1) is 16.1 Å². The lowest BCUT2D eigenvalue weighted by atomic mass is 10.1. The summed E-state index contributed by atoms with van der Waals surface area (Å²) < 4.78 is 0. The first-order valence-corrected chi connectivity index (χ1v) is 7.36. The summed E-state index contributed by atoms with van der Waals surface area (Å²) in [6.45, 7) is 4.00. The highest BCUT2D eigenvalue weighted by Crippen LogP contribution is 2.34. The summed E-state index contributed by atoms with van der Waals surface area (Å²) in [5.41, 5.74) is 4.97. The van der Waals surface area contributed by atoms with Gasteiger partial charge in [-0.3, -0.25) is 11.3 Å². The molecule has 6 heteroatoms. The molecule has 0 amide bonds.